The minimum Gasteiger partial charge on any atom is -0.327 e. The van der Waals surface area contributed by atoms with E-state index in [-0.39, 0.29) is 44.7 Å². The summed E-state index contributed by atoms with van der Waals surface area (Å²) in [4.78, 5) is 16.5. The summed E-state index contributed by atoms with van der Waals surface area (Å²) in [5.74, 6) is -0.342. The molecule has 0 aliphatic carbocycles. The molecule has 142 valence electrons. The summed E-state index contributed by atoms with van der Waals surface area (Å²) in [6, 6.07) is 9.47. The topological polar surface area (TPSA) is 99.9 Å². The van der Waals surface area contributed by atoms with Gasteiger partial charge in [0.1, 0.15) is 0 Å². The van der Waals surface area contributed by atoms with Crippen LogP contribution in [0, 0.1) is 0 Å². The van der Waals surface area contributed by atoms with E-state index in [1.54, 1.807) is 13.8 Å². The Morgan fingerprint density at radius 1 is 1.24 bits per heavy atom. The second-order valence-electron chi connectivity index (χ2n) is 5.28. The zero-order valence-corrected chi connectivity index (χ0v) is 16.4. The number of rotatable bonds is 13. The number of hydrogen-bond acceptors (Lipinski definition) is 8. The minimum atomic E-state index is -3.29. The molecule has 0 heterocycles. The van der Waals surface area contributed by atoms with Gasteiger partial charge >= 0.3 is 7.60 Å². The maximum atomic E-state index is 12.5. The predicted octanol–water partition coefficient (Wildman–Crippen LogP) is 2.52. The Hall–Kier alpha value is -0.730. The number of hydrogen-bond donors (Lipinski definition) is 3. The van der Waals surface area contributed by atoms with Crippen LogP contribution in [0.25, 0.3) is 0 Å². The Morgan fingerprint density at radius 3 is 2.36 bits per heavy atom. The molecule has 1 rings (SSSR count). The third kappa shape index (κ3) is 7.58. The molecule has 7 nitrogen and oxygen atoms in total. The van der Waals surface area contributed by atoms with E-state index in [2.05, 4.69) is 18.1 Å². The Bertz CT molecular complexity index is 565. The molecule has 0 saturated carbocycles. The monoisotopic (exact) mass is 390 g/mol. The number of carbonyl (C=O) groups excluding carboxylic acids is 1. The van der Waals surface area contributed by atoms with Gasteiger partial charge in [-0.3, -0.25) is 14.2 Å². The molecule has 0 radical (unpaired) electrons. The number of ketones is 1. The van der Waals surface area contributed by atoms with Crippen LogP contribution in [-0.4, -0.2) is 36.6 Å². The number of Topliss-reactive ketones (excluding diaryl/α,β-unsaturated/α-hetero) is 1. The van der Waals surface area contributed by atoms with Crippen molar-refractivity contribution in [1.82, 2.24) is 5.48 Å². The van der Waals surface area contributed by atoms with Crippen LogP contribution in [-0.2, 0) is 29.9 Å². The highest BCUT2D eigenvalue weighted by atomic mass is 32.1. The third-order valence-electron chi connectivity index (χ3n) is 3.34. The molecule has 1 aromatic carbocycles. The summed E-state index contributed by atoms with van der Waals surface area (Å²) in [5, 5.41) is 0. The van der Waals surface area contributed by atoms with Crippen molar-refractivity contribution in [2.45, 2.75) is 31.7 Å². The van der Waals surface area contributed by atoms with E-state index in [1.807, 2.05) is 30.3 Å². The van der Waals surface area contributed by atoms with Crippen LogP contribution in [0.3, 0.4) is 0 Å². The van der Waals surface area contributed by atoms with Crippen molar-refractivity contribution in [3.8, 4) is 0 Å². The first kappa shape index (κ1) is 22.3. The van der Waals surface area contributed by atoms with E-state index in [4.69, 9.17) is 19.6 Å². The summed E-state index contributed by atoms with van der Waals surface area (Å²) in [5.41, 5.74) is 9.22. The van der Waals surface area contributed by atoms with Gasteiger partial charge in [-0.1, -0.05) is 30.3 Å². The van der Waals surface area contributed by atoms with Gasteiger partial charge in [-0.05, 0) is 19.4 Å². The average Bonchev–Trinajstić information content (AvgIpc) is 2.61. The summed E-state index contributed by atoms with van der Waals surface area (Å²) in [7, 11) is -3.29. The van der Waals surface area contributed by atoms with Crippen LogP contribution in [0.5, 0.6) is 0 Å². The van der Waals surface area contributed by atoms with Crippen molar-refractivity contribution < 1.29 is 23.2 Å². The molecule has 1 atom stereocenters. The van der Waals surface area contributed by atoms with Crippen molar-refractivity contribution in [3.05, 3.63) is 35.9 Å². The quantitative estimate of drug-likeness (QED) is 0.206. The SMILES string of the molecule is CCOP(=O)(CCC(=O)C(S)(CN)NOCc1ccccc1)OCC. The molecule has 1 aromatic rings. The number of thiol groups is 1. The molecular weight excluding hydrogens is 363 g/mol. The fourth-order valence-electron chi connectivity index (χ4n) is 2.03. The van der Waals surface area contributed by atoms with E-state index in [0.717, 1.165) is 5.56 Å². The molecule has 0 aromatic heterocycles. The maximum absolute atomic E-state index is 12.5. The minimum absolute atomic E-state index is 0.0316. The van der Waals surface area contributed by atoms with Crippen molar-refractivity contribution in [2.24, 2.45) is 5.73 Å². The zero-order valence-electron chi connectivity index (χ0n) is 14.6. The first-order chi connectivity index (χ1) is 11.9. The Labute approximate surface area is 154 Å². The van der Waals surface area contributed by atoms with E-state index in [1.165, 1.54) is 0 Å². The molecule has 25 heavy (non-hydrogen) atoms. The normalized spacial score (nSPS) is 14.2. The van der Waals surface area contributed by atoms with Gasteiger partial charge in [-0.25, -0.2) is 0 Å². The Morgan fingerprint density at radius 2 is 1.84 bits per heavy atom. The first-order valence-corrected chi connectivity index (χ1v) is 10.3. The van der Waals surface area contributed by atoms with Crippen LogP contribution in [0.2, 0.25) is 0 Å². The number of hydroxylamine groups is 1. The van der Waals surface area contributed by atoms with Gasteiger partial charge in [-0.2, -0.15) is 5.48 Å². The lowest BCUT2D eigenvalue weighted by atomic mass is 10.1. The predicted molar refractivity (Wildman–Crippen MR) is 100 cm³/mol. The van der Waals surface area contributed by atoms with E-state index in [9.17, 15) is 9.36 Å². The van der Waals surface area contributed by atoms with Crippen molar-refractivity contribution in [3.63, 3.8) is 0 Å². The van der Waals surface area contributed by atoms with Crippen LogP contribution in [0.4, 0.5) is 0 Å². The van der Waals surface area contributed by atoms with Crippen LogP contribution in [0.15, 0.2) is 30.3 Å². The highest BCUT2D eigenvalue weighted by Gasteiger charge is 2.35. The Balaban J connectivity index is 2.57. The molecule has 0 fully saturated rings. The largest absolute Gasteiger partial charge is 0.331 e. The van der Waals surface area contributed by atoms with Crippen molar-refractivity contribution in [1.29, 1.82) is 0 Å². The fraction of sp³-hybridized carbons (Fsp3) is 0.562. The van der Waals surface area contributed by atoms with Gasteiger partial charge in [0.15, 0.2) is 10.7 Å². The second-order valence-corrected chi connectivity index (χ2v) is 8.23. The van der Waals surface area contributed by atoms with E-state index in [0.29, 0.717) is 0 Å². The molecule has 0 aliphatic heterocycles. The van der Waals surface area contributed by atoms with E-state index >= 15 is 0 Å². The molecule has 9 heteroatoms. The lowest BCUT2D eigenvalue weighted by Crippen LogP contribution is -2.52. The molecule has 0 amide bonds. The maximum Gasteiger partial charge on any atom is 0.331 e. The summed E-state index contributed by atoms with van der Waals surface area (Å²) < 4.78 is 22.8. The van der Waals surface area contributed by atoms with Crippen LogP contribution in [0.1, 0.15) is 25.8 Å². The highest BCUT2D eigenvalue weighted by molar-refractivity contribution is 7.82. The number of carbonyl (C=O) groups is 1. The summed E-state index contributed by atoms with van der Waals surface area (Å²) >= 11 is 4.31. The molecule has 3 N–H and O–H groups in total. The van der Waals surface area contributed by atoms with Crippen LogP contribution < -0.4 is 11.2 Å². The van der Waals surface area contributed by atoms with Gasteiger partial charge in [0, 0.05) is 13.0 Å². The van der Waals surface area contributed by atoms with Gasteiger partial charge < -0.3 is 14.8 Å². The zero-order chi connectivity index (χ0) is 18.8. The third-order valence-corrected chi connectivity index (χ3v) is 5.94. The molecule has 0 spiro atoms. The average molecular weight is 390 g/mol. The number of nitrogens with one attached hydrogen (secondary N) is 1. The summed E-state index contributed by atoms with van der Waals surface area (Å²) in [6.07, 6.45) is -0.0874. The van der Waals surface area contributed by atoms with Crippen molar-refractivity contribution in [2.75, 3.05) is 25.9 Å². The first-order valence-electron chi connectivity index (χ1n) is 8.16. The highest BCUT2D eigenvalue weighted by Crippen LogP contribution is 2.48. The van der Waals surface area contributed by atoms with Crippen LogP contribution >= 0.6 is 20.2 Å². The van der Waals surface area contributed by atoms with Gasteiger partial charge in [0.25, 0.3) is 0 Å². The lowest BCUT2D eigenvalue weighted by molar-refractivity contribution is -0.127. The standard InChI is InChI=1S/C16H27N2O5PS/c1-3-22-24(20,23-4-2)11-10-15(19)16(25,13-17)18-21-12-14-8-6-5-7-9-14/h5-9,18,25H,3-4,10-13,17H2,1-2H3. The van der Waals surface area contributed by atoms with Gasteiger partial charge in [0.2, 0.25) is 0 Å². The molecule has 1 unspecified atom stereocenters. The lowest BCUT2D eigenvalue weighted by Gasteiger charge is -2.27. The number of nitrogens with two attached hydrogens (primary N) is 1. The molecular formula is C16H27N2O5PS. The molecule has 0 bridgehead atoms. The molecule has 0 saturated heterocycles. The number of benzene rings is 1. The van der Waals surface area contributed by atoms with Gasteiger partial charge in [-0.15, -0.1) is 12.6 Å². The molecule has 0 aliphatic rings. The van der Waals surface area contributed by atoms with E-state index < -0.39 is 12.5 Å². The Kier molecular flexibility index (Phi) is 9.89. The summed E-state index contributed by atoms with van der Waals surface area (Å²) in [6.45, 7) is 4.09. The smallest absolute Gasteiger partial charge is 0.327 e. The fourth-order valence-corrected chi connectivity index (χ4v) is 3.80. The van der Waals surface area contributed by atoms with Crippen molar-refractivity contribution >= 4 is 26.0 Å². The second kappa shape index (κ2) is 11.1. The van der Waals surface area contributed by atoms with Gasteiger partial charge in [0.05, 0.1) is 26.0 Å².